The predicted octanol–water partition coefficient (Wildman–Crippen LogP) is 3.31. The van der Waals surface area contributed by atoms with Gasteiger partial charge >= 0.3 is 0 Å². The highest BCUT2D eigenvalue weighted by atomic mass is 35.5. The number of hydrogen-bond donors (Lipinski definition) is 2. The number of aliphatic hydroxyl groups excluding tert-OH is 1. The third-order valence-electron chi connectivity index (χ3n) is 2.46. The van der Waals surface area contributed by atoms with E-state index in [0.717, 1.165) is 0 Å². The lowest BCUT2D eigenvalue weighted by molar-refractivity contribution is 0.121. The number of halogens is 3. The fourth-order valence-corrected chi connectivity index (χ4v) is 1.69. The van der Waals surface area contributed by atoms with Crippen molar-refractivity contribution in [1.82, 2.24) is 0 Å². The number of aliphatic hydroxyl groups is 1. The first-order chi connectivity index (χ1) is 7.41. The van der Waals surface area contributed by atoms with Gasteiger partial charge in [-0.3, -0.25) is 0 Å². The summed E-state index contributed by atoms with van der Waals surface area (Å²) in [6.07, 6.45) is -0.0774. The molecule has 0 aliphatic carbocycles. The summed E-state index contributed by atoms with van der Waals surface area (Å²) in [6, 6.07) is 3.79. The van der Waals surface area contributed by atoms with Gasteiger partial charge in [0.05, 0.1) is 17.2 Å². The fourth-order valence-electron chi connectivity index (χ4n) is 1.57. The Kier molecular flexibility index (Phi) is 7.02. The summed E-state index contributed by atoms with van der Waals surface area (Å²) in [6.45, 7) is 4.00. The summed E-state index contributed by atoms with van der Waals surface area (Å²) in [4.78, 5) is 0. The van der Waals surface area contributed by atoms with Crippen molar-refractivity contribution in [2.24, 2.45) is 11.7 Å². The Bertz CT molecular complexity index is 360. The molecule has 0 radical (unpaired) electrons. The zero-order chi connectivity index (χ0) is 12.3. The second kappa shape index (κ2) is 7.17. The second-order valence-corrected chi connectivity index (χ2v) is 4.80. The van der Waals surface area contributed by atoms with E-state index in [0.29, 0.717) is 17.9 Å². The van der Waals surface area contributed by atoms with Crippen LogP contribution in [0.1, 0.15) is 31.9 Å². The van der Waals surface area contributed by atoms with E-state index in [1.165, 1.54) is 12.1 Å². The molecule has 0 aromatic heterocycles. The van der Waals surface area contributed by atoms with Gasteiger partial charge in [-0.05, 0) is 30.0 Å². The molecule has 3 N–H and O–H groups in total. The lowest BCUT2D eigenvalue weighted by Crippen LogP contribution is -2.27. The first-order valence-corrected chi connectivity index (χ1v) is 5.68. The van der Waals surface area contributed by atoms with Crippen molar-refractivity contribution < 1.29 is 9.50 Å². The van der Waals surface area contributed by atoms with Gasteiger partial charge in [-0.25, -0.2) is 4.39 Å². The highest BCUT2D eigenvalue weighted by Crippen LogP contribution is 2.23. The zero-order valence-electron chi connectivity index (χ0n) is 9.86. The molecule has 98 valence electrons. The van der Waals surface area contributed by atoms with Crippen LogP contribution in [0.15, 0.2) is 18.2 Å². The molecule has 0 unspecified atom stereocenters. The van der Waals surface area contributed by atoms with Crippen LogP contribution in [0.5, 0.6) is 0 Å². The van der Waals surface area contributed by atoms with Crippen LogP contribution >= 0.6 is 24.0 Å². The van der Waals surface area contributed by atoms with Gasteiger partial charge in [-0.15, -0.1) is 12.4 Å². The molecule has 1 aromatic rings. The maximum absolute atomic E-state index is 13.2. The van der Waals surface area contributed by atoms with Crippen LogP contribution in [0.4, 0.5) is 4.39 Å². The minimum absolute atomic E-state index is 0. The lowest BCUT2D eigenvalue weighted by Gasteiger charge is -2.21. The molecule has 0 saturated carbocycles. The van der Waals surface area contributed by atoms with E-state index < -0.39 is 18.0 Å². The third-order valence-corrected chi connectivity index (χ3v) is 2.76. The molecule has 2 nitrogen and oxygen atoms in total. The number of nitrogens with two attached hydrogens (primary N) is 1. The average Bonchev–Trinajstić information content (AvgIpc) is 2.20. The number of hydrogen-bond acceptors (Lipinski definition) is 2. The molecule has 0 aliphatic rings. The monoisotopic (exact) mass is 281 g/mol. The number of benzene rings is 1. The van der Waals surface area contributed by atoms with E-state index in [2.05, 4.69) is 0 Å². The standard InChI is InChI=1S/C12H17ClFNO.ClH/c1-7(2)5-11(16)12(15)8-3-4-9(13)10(14)6-8;/h3-4,6-7,11-12,16H,5,15H2,1-2H3;1H/t11-,12+;/m1./s1. The van der Waals surface area contributed by atoms with Gasteiger partial charge in [-0.1, -0.05) is 31.5 Å². The summed E-state index contributed by atoms with van der Waals surface area (Å²) in [5.74, 6) is -0.162. The van der Waals surface area contributed by atoms with Gasteiger partial charge in [0.15, 0.2) is 0 Å². The summed E-state index contributed by atoms with van der Waals surface area (Å²) in [7, 11) is 0. The molecule has 5 heteroatoms. The molecule has 0 fully saturated rings. The van der Waals surface area contributed by atoms with Crippen molar-refractivity contribution in [2.75, 3.05) is 0 Å². The molecule has 1 rings (SSSR count). The highest BCUT2D eigenvalue weighted by Gasteiger charge is 2.18. The van der Waals surface area contributed by atoms with E-state index in [1.54, 1.807) is 6.07 Å². The number of rotatable bonds is 4. The van der Waals surface area contributed by atoms with Gasteiger partial charge < -0.3 is 10.8 Å². The van der Waals surface area contributed by atoms with Crippen LogP contribution < -0.4 is 5.73 Å². The third kappa shape index (κ3) is 4.80. The van der Waals surface area contributed by atoms with Crippen LogP contribution in [-0.4, -0.2) is 11.2 Å². The first-order valence-electron chi connectivity index (χ1n) is 5.30. The van der Waals surface area contributed by atoms with Crippen molar-refractivity contribution in [1.29, 1.82) is 0 Å². The van der Waals surface area contributed by atoms with Crippen LogP contribution in [0.3, 0.4) is 0 Å². The minimum atomic E-state index is -0.666. The predicted molar refractivity (Wildman–Crippen MR) is 71.0 cm³/mol. The van der Waals surface area contributed by atoms with Crippen LogP contribution in [0.2, 0.25) is 5.02 Å². The van der Waals surface area contributed by atoms with E-state index in [4.69, 9.17) is 17.3 Å². The first kappa shape index (κ1) is 16.6. The van der Waals surface area contributed by atoms with Crippen molar-refractivity contribution in [3.8, 4) is 0 Å². The molecular formula is C12H18Cl2FNO. The largest absolute Gasteiger partial charge is 0.391 e. The molecule has 0 saturated heterocycles. The molecular weight excluding hydrogens is 264 g/mol. The fraction of sp³-hybridized carbons (Fsp3) is 0.500. The van der Waals surface area contributed by atoms with E-state index in [-0.39, 0.29) is 17.4 Å². The van der Waals surface area contributed by atoms with E-state index >= 15 is 0 Å². The topological polar surface area (TPSA) is 46.2 Å². The van der Waals surface area contributed by atoms with Crippen molar-refractivity contribution in [3.05, 3.63) is 34.6 Å². The molecule has 1 aromatic carbocycles. The van der Waals surface area contributed by atoms with E-state index in [9.17, 15) is 9.50 Å². The van der Waals surface area contributed by atoms with Crippen molar-refractivity contribution in [3.63, 3.8) is 0 Å². The Morgan fingerprint density at radius 1 is 1.41 bits per heavy atom. The van der Waals surface area contributed by atoms with Gasteiger partial charge in [0.2, 0.25) is 0 Å². The maximum atomic E-state index is 13.2. The normalized spacial score (nSPS) is 14.3. The highest BCUT2D eigenvalue weighted by molar-refractivity contribution is 6.30. The summed E-state index contributed by atoms with van der Waals surface area (Å²) in [5.41, 5.74) is 6.41. The smallest absolute Gasteiger partial charge is 0.142 e. The van der Waals surface area contributed by atoms with Gasteiger partial charge in [-0.2, -0.15) is 0 Å². The van der Waals surface area contributed by atoms with Crippen molar-refractivity contribution >= 4 is 24.0 Å². The van der Waals surface area contributed by atoms with Gasteiger partial charge in [0.1, 0.15) is 5.82 Å². The van der Waals surface area contributed by atoms with Gasteiger partial charge in [0, 0.05) is 0 Å². The lowest BCUT2D eigenvalue weighted by atomic mass is 9.95. The summed E-state index contributed by atoms with van der Waals surface area (Å²) in [5, 5.41) is 9.89. The maximum Gasteiger partial charge on any atom is 0.142 e. The second-order valence-electron chi connectivity index (χ2n) is 4.40. The van der Waals surface area contributed by atoms with Crippen LogP contribution in [0, 0.1) is 11.7 Å². The Morgan fingerprint density at radius 3 is 2.47 bits per heavy atom. The SMILES string of the molecule is CC(C)C[C@@H](O)[C@@H](N)c1ccc(Cl)c(F)c1.Cl. The molecule has 0 bridgehead atoms. The molecule has 0 aliphatic heterocycles. The molecule has 0 amide bonds. The van der Waals surface area contributed by atoms with Crippen LogP contribution in [0.25, 0.3) is 0 Å². The Morgan fingerprint density at radius 2 is 2.00 bits per heavy atom. The summed E-state index contributed by atoms with van der Waals surface area (Å²) >= 11 is 5.57. The Balaban J connectivity index is 0.00000256. The van der Waals surface area contributed by atoms with Crippen LogP contribution in [-0.2, 0) is 0 Å². The zero-order valence-corrected chi connectivity index (χ0v) is 11.4. The van der Waals surface area contributed by atoms with Crippen molar-refractivity contribution in [2.45, 2.75) is 32.4 Å². The Labute approximate surface area is 112 Å². The Hall–Kier alpha value is -0.350. The molecule has 2 atom stereocenters. The molecule has 0 spiro atoms. The van der Waals surface area contributed by atoms with Gasteiger partial charge in [0.25, 0.3) is 0 Å². The molecule has 0 heterocycles. The molecule has 17 heavy (non-hydrogen) atoms. The average molecular weight is 282 g/mol. The quantitative estimate of drug-likeness (QED) is 0.890. The van der Waals surface area contributed by atoms with E-state index in [1.807, 2.05) is 13.8 Å². The summed E-state index contributed by atoms with van der Waals surface area (Å²) < 4.78 is 13.2. The minimum Gasteiger partial charge on any atom is -0.391 e.